The summed E-state index contributed by atoms with van der Waals surface area (Å²) >= 11 is 0. The van der Waals surface area contributed by atoms with Gasteiger partial charge in [-0.2, -0.15) is 0 Å². The van der Waals surface area contributed by atoms with E-state index in [1.807, 2.05) is 0 Å². The van der Waals surface area contributed by atoms with Crippen molar-refractivity contribution >= 4 is 5.91 Å². The zero-order chi connectivity index (χ0) is 14.5. The molecule has 3 unspecified atom stereocenters. The van der Waals surface area contributed by atoms with Gasteiger partial charge in [-0.1, -0.05) is 20.8 Å². The lowest BCUT2D eigenvalue weighted by molar-refractivity contribution is 0.0712. The largest absolute Gasteiger partial charge is 0.455 e. The monoisotopic (exact) mass is 276 g/mol. The molecule has 0 radical (unpaired) electrons. The Morgan fingerprint density at radius 1 is 1.45 bits per heavy atom. The SMILES string of the molecule is CC12CCC(C1)C(C)(C)C2NC(=O)c1ccc(CN)o1. The van der Waals surface area contributed by atoms with Gasteiger partial charge in [-0.3, -0.25) is 4.79 Å². The summed E-state index contributed by atoms with van der Waals surface area (Å²) in [5.41, 5.74) is 5.90. The van der Waals surface area contributed by atoms with E-state index in [0.29, 0.717) is 24.0 Å². The Morgan fingerprint density at radius 3 is 2.75 bits per heavy atom. The second-order valence-electron chi connectivity index (χ2n) is 7.29. The molecule has 1 heterocycles. The van der Waals surface area contributed by atoms with Crippen LogP contribution >= 0.6 is 0 Å². The van der Waals surface area contributed by atoms with E-state index in [1.54, 1.807) is 12.1 Å². The van der Waals surface area contributed by atoms with E-state index in [-0.39, 0.29) is 22.8 Å². The van der Waals surface area contributed by atoms with Crippen molar-refractivity contribution in [3.63, 3.8) is 0 Å². The van der Waals surface area contributed by atoms with E-state index in [0.717, 1.165) is 0 Å². The van der Waals surface area contributed by atoms with E-state index in [9.17, 15) is 4.79 Å². The molecule has 2 bridgehead atoms. The number of furan rings is 1. The van der Waals surface area contributed by atoms with E-state index in [1.165, 1.54) is 19.3 Å². The predicted molar refractivity (Wildman–Crippen MR) is 77.1 cm³/mol. The summed E-state index contributed by atoms with van der Waals surface area (Å²) in [5, 5.41) is 3.22. The maximum absolute atomic E-state index is 12.4. The first kappa shape index (κ1) is 13.7. The van der Waals surface area contributed by atoms with Gasteiger partial charge in [-0.05, 0) is 48.1 Å². The molecule has 0 spiro atoms. The van der Waals surface area contributed by atoms with Crippen LogP contribution in [0.15, 0.2) is 16.5 Å². The number of carbonyl (C=O) groups excluding carboxylic acids is 1. The van der Waals surface area contributed by atoms with E-state index < -0.39 is 0 Å². The van der Waals surface area contributed by atoms with E-state index in [4.69, 9.17) is 10.2 Å². The van der Waals surface area contributed by atoms with Crippen molar-refractivity contribution in [3.05, 3.63) is 23.7 Å². The van der Waals surface area contributed by atoms with Crippen molar-refractivity contribution in [2.24, 2.45) is 22.5 Å². The molecule has 1 aromatic heterocycles. The van der Waals surface area contributed by atoms with Crippen LogP contribution in [-0.2, 0) is 6.54 Å². The third kappa shape index (κ3) is 1.89. The number of hydrogen-bond acceptors (Lipinski definition) is 3. The van der Waals surface area contributed by atoms with Gasteiger partial charge in [0.2, 0.25) is 0 Å². The fourth-order valence-corrected chi connectivity index (χ4v) is 4.47. The summed E-state index contributed by atoms with van der Waals surface area (Å²) in [6.07, 6.45) is 3.71. The summed E-state index contributed by atoms with van der Waals surface area (Å²) in [6, 6.07) is 3.69. The van der Waals surface area contributed by atoms with Crippen LogP contribution < -0.4 is 11.1 Å². The molecule has 2 saturated carbocycles. The van der Waals surface area contributed by atoms with Crippen molar-refractivity contribution in [1.29, 1.82) is 0 Å². The quantitative estimate of drug-likeness (QED) is 0.892. The van der Waals surface area contributed by atoms with Gasteiger partial charge in [0.15, 0.2) is 5.76 Å². The summed E-state index contributed by atoms with van der Waals surface area (Å²) in [5.74, 6) is 1.62. The molecule has 110 valence electrons. The van der Waals surface area contributed by atoms with Gasteiger partial charge >= 0.3 is 0 Å². The Hall–Kier alpha value is -1.29. The maximum Gasteiger partial charge on any atom is 0.287 e. The number of amides is 1. The van der Waals surface area contributed by atoms with Crippen molar-refractivity contribution in [3.8, 4) is 0 Å². The highest BCUT2D eigenvalue weighted by Crippen LogP contribution is 2.62. The molecule has 1 amide bonds. The van der Waals surface area contributed by atoms with Gasteiger partial charge < -0.3 is 15.5 Å². The van der Waals surface area contributed by atoms with Crippen molar-refractivity contribution < 1.29 is 9.21 Å². The second kappa shape index (κ2) is 4.35. The number of hydrogen-bond donors (Lipinski definition) is 2. The second-order valence-corrected chi connectivity index (χ2v) is 7.29. The standard InChI is InChI=1S/C16H24N2O2/c1-15(2)10-6-7-16(3,8-10)14(15)18-13(19)12-5-4-11(9-17)20-12/h4-5,10,14H,6-9,17H2,1-3H3,(H,18,19). The number of fused-ring (bicyclic) bond motifs is 2. The number of nitrogens with one attached hydrogen (secondary N) is 1. The minimum absolute atomic E-state index is 0.114. The highest BCUT2D eigenvalue weighted by molar-refractivity contribution is 5.91. The third-order valence-electron chi connectivity index (χ3n) is 5.63. The molecule has 3 N–H and O–H groups in total. The van der Waals surface area contributed by atoms with Gasteiger partial charge in [0.1, 0.15) is 5.76 Å². The number of carbonyl (C=O) groups is 1. The molecule has 0 aliphatic heterocycles. The molecular formula is C16H24N2O2. The zero-order valence-corrected chi connectivity index (χ0v) is 12.5. The Morgan fingerprint density at radius 2 is 2.20 bits per heavy atom. The summed E-state index contributed by atoms with van der Waals surface area (Å²) in [4.78, 5) is 12.4. The smallest absolute Gasteiger partial charge is 0.287 e. The molecule has 2 fully saturated rings. The highest BCUT2D eigenvalue weighted by Gasteiger charge is 2.59. The Balaban J connectivity index is 1.79. The van der Waals surface area contributed by atoms with Crippen LogP contribution in [0.4, 0.5) is 0 Å². The van der Waals surface area contributed by atoms with Gasteiger partial charge in [0, 0.05) is 6.04 Å². The average molecular weight is 276 g/mol. The highest BCUT2D eigenvalue weighted by atomic mass is 16.4. The first-order chi connectivity index (χ1) is 9.37. The molecular weight excluding hydrogens is 252 g/mol. The molecule has 3 rings (SSSR count). The van der Waals surface area contributed by atoms with Crippen LogP contribution in [0.5, 0.6) is 0 Å². The molecule has 0 saturated heterocycles. The molecule has 4 heteroatoms. The fraction of sp³-hybridized carbons (Fsp3) is 0.688. The van der Waals surface area contributed by atoms with Crippen molar-refractivity contribution in [2.45, 2.75) is 52.6 Å². The molecule has 1 aromatic rings. The van der Waals surface area contributed by atoms with Crippen LogP contribution in [0.1, 0.15) is 56.3 Å². The van der Waals surface area contributed by atoms with Crippen LogP contribution in [0.25, 0.3) is 0 Å². The predicted octanol–water partition coefficient (Wildman–Crippen LogP) is 2.68. The van der Waals surface area contributed by atoms with Gasteiger partial charge in [0.25, 0.3) is 5.91 Å². The zero-order valence-electron chi connectivity index (χ0n) is 12.5. The number of nitrogens with two attached hydrogens (primary N) is 1. The van der Waals surface area contributed by atoms with Crippen LogP contribution in [0.2, 0.25) is 0 Å². The molecule has 3 atom stereocenters. The topological polar surface area (TPSA) is 68.3 Å². The first-order valence-electron chi connectivity index (χ1n) is 7.46. The minimum atomic E-state index is -0.114. The Kier molecular flexibility index (Phi) is 2.98. The Labute approximate surface area is 120 Å². The molecule has 4 nitrogen and oxygen atoms in total. The average Bonchev–Trinajstić information content (AvgIpc) is 3.05. The van der Waals surface area contributed by atoms with Crippen molar-refractivity contribution in [1.82, 2.24) is 5.32 Å². The van der Waals surface area contributed by atoms with Crippen molar-refractivity contribution in [2.75, 3.05) is 0 Å². The lowest BCUT2D eigenvalue weighted by Gasteiger charge is -2.42. The summed E-state index contributed by atoms with van der Waals surface area (Å²) < 4.78 is 5.45. The molecule has 2 aliphatic carbocycles. The van der Waals surface area contributed by atoms with E-state index in [2.05, 4.69) is 26.1 Å². The molecule has 2 aliphatic rings. The normalized spacial score (nSPS) is 34.4. The van der Waals surface area contributed by atoms with E-state index >= 15 is 0 Å². The van der Waals surface area contributed by atoms with Crippen LogP contribution in [0, 0.1) is 16.7 Å². The van der Waals surface area contributed by atoms with Gasteiger partial charge in [-0.15, -0.1) is 0 Å². The van der Waals surface area contributed by atoms with Gasteiger partial charge in [-0.25, -0.2) is 0 Å². The maximum atomic E-state index is 12.4. The summed E-state index contributed by atoms with van der Waals surface area (Å²) in [6.45, 7) is 7.18. The third-order valence-corrected chi connectivity index (χ3v) is 5.63. The summed E-state index contributed by atoms with van der Waals surface area (Å²) in [7, 11) is 0. The van der Waals surface area contributed by atoms with Crippen LogP contribution in [-0.4, -0.2) is 11.9 Å². The number of rotatable bonds is 3. The van der Waals surface area contributed by atoms with Crippen LogP contribution in [0.3, 0.4) is 0 Å². The lowest BCUT2D eigenvalue weighted by Crippen LogP contribution is -2.52. The molecule has 20 heavy (non-hydrogen) atoms. The first-order valence-corrected chi connectivity index (χ1v) is 7.46. The molecule has 0 aromatic carbocycles. The fourth-order valence-electron chi connectivity index (χ4n) is 4.47. The minimum Gasteiger partial charge on any atom is -0.455 e. The lowest BCUT2D eigenvalue weighted by atomic mass is 9.68. The Bertz CT molecular complexity index is 530. The van der Waals surface area contributed by atoms with Gasteiger partial charge in [0.05, 0.1) is 6.54 Å².